The highest BCUT2D eigenvalue weighted by atomic mass is 16.5. The summed E-state index contributed by atoms with van der Waals surface area (Å²) in [5.74, 6) is -0.773. The Morgan fingerprint density at radius 3 is 2.35 bits per heavy atom. The quantitative estimate of drug-likeness (QED) is 0.345. The van der Waals surface area contributed by atoms with Gasteiger partial charge in [0.15, 0.2) is 0 Å². The maximum atomic E-state index is 12.6. The molecule has 3 aromatic carbocycles. The van der Waals surface area contributed by atoms with Gasteiger partial charge in [-0.05, 0) is 65.1 Å². The van der Waals surface area contributed by atoms with Crippen molar-refractivity contribution < 1.29 is 19.4 Å². The number of fused-ring (bicyclic) bond motifs is 2. The van der Waals surface area contributed by atoms with Crippen LogP contribution in [0.1, 0.15) is 77.9 Å². The zero-order valence-corrected chi connectivity index (χ0v) is 21.9. The van der Waals surface area contributed by atoms with E-state index in [0.29, 0.717) is 18.8 Å². The molecular weight excluding hydrogens is 460 g/mol. The van der Waals surface area contributed by atoms with E-state index >= 15 is 0 Å². The summed E-state index contributed by atoms with van der Waals surface area (Å²) in [5, 5.41) is 9.10. The fourth-order valence-corrected chi connectivity index (χ4v) is 5.25. The van der Waals surface area contributed by atoms with Crippen molar-refractivity contribution in [3.8, 4) is 0 Å². The van der Waals surface area contributed by atoms with Crippen LogP contribution in [0.3, 0.4) is 0 Å². The fraction of sp³-hybridized carbons (Fsp3) is 0.333. The van der Waals surface area contributed by atoms with Crippen molar-refractivity contribution in [2.24, 2.45) is 11.3 Å². The van der Waals surface area contributed by atoms with Gasteiger partial charge in [-0.1, -0.05) is 100 Å². The number of carbonyl (C=O) groups is 2. The zero-order chi connectivity index (χ0) is 26.4. The van der Waals surface area contributed by atoms with E-state index in [1.54, 1.807) is 12.1 Å². The molecule has 0 amide bonds. The summed E-state index contributed by atoms with van der Waals surface area (Å²) in [5.41, 5.74) is 6.20. The maximum Gasteiger partial charge on any atom is 0.335 e. The Hall–Kier alpha value is -3.66. The van der Waals surface area contributed by atoms with Gasteiger partial charge in [0.25, 0.3) is 0 Å². The van der Waals surface area contributed by atoms with E-state index in [-0.39, 0.29) is 23.1 Å². The number of hydrogen-bond donors (Lipinski definition) is 1. The van der Waals surface area contributed by atoms with Gasteiger partial charge in [0.1, 0.15) is 6.10 Å². The number of carboxylic acids is 1. The third-order valence-corrected chi connectivity index (χ3v) is 7.53. The molecule has 192 valence electrons. The van der Waals surface area contributed by atoms with Gasteiger partial charge in [0.05, 0.1) is 5.56 Å². The highest BCUT2D eigenvalue weighted by molar-refractivity contribution is 5.87. The highest BCUT2D eigenvalue weighted by Crippen LogP contribution is 2.50. The number of allylic oxidation sites excluding steroid dienone is 1. The molecule has 4 heteroatoms. The summed E-state index contributed by atoms with van der Waals surface area (Å²) in [6.07, 6.45) is 8.12. The number of carboxylic acid groups (broad SMARTS) is 1. The summed E-state index contributed by atoms with van der Waals surface area (Å²) in [6, 6.07) is 23.6. The normalized spacial score (nSPS) is 19.8. The van der Waals surface area contributed by atoms with E-state index < -0.39 is 5.97 Å². The first-order valence-electron chi connectivity index (χ1n) is 13.1. The third kappa shape index (κ3) is 6.37. The molecule has 3 atom stereocenters. The number of esters is 1. The van der Waals surface area contributed by atoms with Gasteiger partial charge in [0, 0.05) is 11.8 Å². The van der Waals surface area contributed by atoms with Crippen molar-refractivity contribution in [3.05, 3.63) is 112 Å². The number of benzene rings is 3. The molecule has 0 fully saturated rings. The lowest BCUT2D eigenvalue weighted by molar-refractivity contribution is -0.156. The SMILES string of the molecule is C1=Cc2ccccc2C1.CCC(C)CC(=O)OC1c2ccccc2CC1(C)Cc1ccc(C(=O)O)cc1. The van der Waals surface area contributed by atoms with Crippen molar-refractivity contribution >= 4 is 18.0 Å². The minimum atomic E-state index is -0.928. The average Bonchev–Trinajstić information content (AvgIpc) is 3.47. The van der Waals surface area contributed by atoms with E-state index in [2.05, 4.69) is 69.3 Å². The predicted molar refractivity (Wildman–Crippen MR) is 147 cm³/mol. The van der Waals surface area contributed by atoms with Crippen molar-refractivity contribution in [1.29, 1.82) is 0 Å². The third-order valence-electron chi connectivity index (χ3n) is 7.53. The Morgan fingerprint density at radius 1 is 1.00 bits per heavy atom. The molecule has 37 heavy (non-hydrogen) atoms. The van der Waals surface area contributed by atoms with Crippen LogP contribution in [0.25, 0.3) is 6.08 Å². The fourth-order valence-electron chi connectivity index (χ4n) is 5.25. The van der Waals surface area contributed by atoms with Crippen LogP contribution < -0.4 is 0 Å². The molecule has 0 spiro atoms. The number of aromatic carboxylic acids is 1. The monoisotopic (exact) mass is 496 g/mol. The van der Waals surface area contributed by atoms with E-state index in [9.17, 15) is 9.59 Å². The van der Waals surface area contributed by atoms with E-state index in [1.165, 1.54) is 16.7 Å². The smallest absolute Gasteiger partial charge is 0.335 e. The lowest BCUT2D eigenvalue weighted by atomic mass is 9.78. The number of hydrogen-bond acceptors (Lipinski definition) is 3. The van der Waals surface area contributed by atoms with Crippen LogP contribution in [0.15, 0.2) is 78.9 Å². The van der Waals surface area contributed by atoms with Crippen LogP contribution in [-0.2, 0) is 28.8 Å². The second-order valence-corrected chi connectivity index (χ2v) is 10.6. The van der Waals surface area contributed by atoms with Crippen molar-refractivity contribution in [3.63, 3.8) is 0 Å². The summed E-state index contributed by atoms with van der Waals surface area (Å²) in [7, 11) is 0. The van der Waals surface area contributed by atoms with Gasteiger partial charge in [0.2, 0.25) is 0 Å². The largest absolute Gasteiger partial charge is 0.478 e. The Balaban J connectivity index is 0.000000295. The predicted octanol–water partition coefficient (Wildman–Crippen LogP) is 7.47. The molecule has 3 unspecified atom stereocenters. The summed E-state index contributed by atoms with van der Waals surface area (Å²) >= 11 is 0. The van der Waals surface area contributed by atoms with E-state index in [4.69, 9.17) is 9.84 Å². The standard InChI is InChI=1S/C24H28O4.C9H8/c1-4-16(2)13-21(25)28-22-20-8-6-5-7-19(20)15-24(22,3)14-17-9-11-18(12-10-17)23(26)27;1-2-5-9-7-3-6-8(9)4-1/h5-12,16,22H,4,13-15H2,1-3H3,(H,26,27);1-6H,7H2. The van der Waals surface area contributed by atoms with E-state index in [0.717, 1.165) is 30.4 Å². The van der Waals surface area contributed by atoms with Gasteiger partial charge in [-0.2, -0.15) is 0 Å². The molecule has 4 nitrogen and oxygen atoms in total. The molecule has 5 rings (SSSR count). The van der Waals surface area contributed by atoms with Gasteiger partial charge in [-0.3, -0.25) is 4.79 Å². The first-order valence-corrected chi connectivity index (χ1v) is 13.1. The highest BCUT2D eigenvalue weighted by Gasteiger charge is 2.45. The van der Waals surface area contributed by atoms with Crippen LogP contribution >= 0.6 is 0 Å². The Bertz CT molecular complexity index is 1270. The molecular formula is C33H36O4. The topological polar surface area (TPSA) is 63.6 Å². The Morgan fingerprint density at radius 2 is 1.68 bits per heavy atom. The lowest BCUT2D eigenvalue weighted by Crippen LogP contribution is -2.29. The number of carbonyl (C=O) groups excluding carboxylic acids is 1. The van der Waals surface area contributed by atoms with Gasteiger partial charge < -0.3 is 9.84 Å². The maximum absolute atomic E-state index is 12.6. The van der Waals surface area contributed by atoms with E-state index in [1.807, 2.05) is 24.3 Å². The zero-order valence-electron chi connectivity index (χ0n) is 21.9. The molecule has 0 radical (unpaired) electrons. The van der Waals surface area contributed by atoms with Gasteiger partial charge >= 0.3 is 11.9 Å². The molecule has 0 heterocycles. The molecule has 1 N–H and O–H groups in total. The van der Waals surface area contributed by atoms with Crippen molar-refractivity contribution in [1.82, 2.24) is 0 Å². The molecule has 0 aliphatic heterocycles. The molecule has 0 saturated heterocycles. The van der Waals surface area contributed by atoms with Crippen LogP contribution in [0, 0.1) is 11.3 Å². The number of rotatable bonds is 7. The molecule has 0 aromatic heterocycles. The second kappa shape index (κ2) is 11.6. The summed E-state index contributed by atoms with van der Waals surface area (Å²) < 4.78 is 6.03. The molecule has 2 aliphatic rings. The molecule has 2 aliphatic carbocycles. The minimum Gasteiger partial charge on any atom is -0.478 e. The average molecular weight is 497 g/mol. The first-order chi connectivity index (χ1) is 17.8. The van der Waals surface area contributed by atoms with Crippen molar-refractivity contribution in [2.45, 2.75) is 59.0 Å². The molecule has 3 aromatic rings. The molecule has 0 saturated carbocycles. The van der Waals surface area contributed by atoms with Crippen LogP contribution in [0.4, 0.5) is 0 Å². The van der Waals surface area contributed by atoms with Crippen molar-refractivity contribution in [2.75, 3.05) is 0 Å². The Kier molecular flexibility index (Phi) is 8.27. The van der Waals surface area contributed by atoms with Gasteiger partial charge in [-0.25, -0.2) is 4.79 Å². The van der Waals surface area contributed by atoms with Crippen LogP contribution in [0.5, 0.6) is 0 Å². The first kappa shape index (κ1) is 26.4. The Labute approximate surface area is 220 Å². The van der Waals surface area contributed by atoms with Gasteiger partial charge in [-0.15, -0.1) is 0 Å². The summed E-state index contributed by atoms with van der Waals surface area (Å²) in [6.45, 7) is 6.29. The lowest BCUT2D eigenvalue weighted by Gasteiger charge is -2.32. The number of ether oxygens (including phenoxy) is 1. The minimum absolute atomic E-state index is 0.150. The van der Waals surface area contributed by atoms with Crippen LogP contribution in [-0.4, -0.2) is 17.0 Å². The summed E-state index contributed by atoms with van der Waals surface area (Å²) in [4.78, 5) is 23.6. The molecule has 0 bridgehead atoms. The second-order valence-electron chi connectivity index (χ2n) is 10.6. The van der Waals surface area contributed by atoms with Crippen LogP contribution in [0.2, 0.25) is 0 Å².